The Labute approximate surface area is 183 Å². The molecule has 0 saturated heterocycles. The molecule has 0 amide bonds. The predicted octanol–water partition coefficient (Wildman–Crippen LogP) is 3.50. The van der Waals surface area contributed by atoms with Crippen LogP contribution in [0.3, 0.4) is 0 Å². The molecule has 0 spiro atoms. The molecule has 0 aliphatic heterocycles. The van der Waals surface area contributed by atoms with Gasteiger partial charge in [-0.25, -0.2) is 9.36 Å². The third-order valence-corrected chi connectivity index (χ3v) is 5.43. The number of ether oxygens (including phenoxy) is 2. The number of methoxy groups -OCH3 is 1. The number of benzene rings is 1. The average molecular weight is 434 g/mol. The average Bonchev–Trinajstić information content (AvgIpc) is 3.02. The summed E-state index contributed by atoms with van der Waals surface area (Å²) < 4.78 is 12.5. The van der Waals surface area contributed by atoms with Gasteiger partial charge in [-0.05, 0) is 56.1 Å². The topological polar surface area (TPSA) is 107 Å². The standard InChI is InChI=1S/C23H35N3O5/c1-13(2)19(24)22(27)31-21(14(3)4)20-16(10-11-25(5)6)17-12-15(30-7)8-9-18(17)26(20)23(28)29/h8-9,12-14,19,21H,10-11,24H2,1-7H3,(H,28,29)/t19-,21?/m0/s1. The molecule has 31 heavy (non-hydrogen) atoms. The molecule has 172 valence electrons. The van der Waals surface area contributed by atoms with Gasteiger partial charge in [0.05, 0.1) is 18.3 Å². The largest absolute Gasteiger partial charge is 0.497 e. The van der Waals surface area contributed by atoms with E-state index >= 15 is 0 Å². The van der Waals surface area contributed by atoms with Crippen LogP contribution in [0.4, 0.5) is 4.79 Å². The Morgan fingerprint density at radius 1 is 1.16 bits per heavy atom. The molecule has 0 radical (unpaired) electrons. The second kappa shape index (κ2) is 10.2. The number of fused-ring (bicyclic) bond motifs is 1. The van der Waals surface area contributed by atoms with Crippen LogP contribution in [-0.2, 0) is 16.0 Å². The van der Waals surface area contributed by atoms with Crippen molar-refractivity contribution >= 4 is 23.0 Å². The van der Waals surface area contributed by atoms with Gasteiger partial charge in [0.15, 0.2) is 0 Å². The van der Waals surface area contributed by atoms with Crippen molar-refractivity contribution in [3.05, 3.63) is 29.5 Å². The first-order valence-corrected chi connectivity index (χ1v) is 10.5. The van der Waals surface area contributed by atoms with Crippen molar-refractivity contribution in [3.8, 4) is 5.75 Å². The minimum absolute atomic E-state index is 0.0943. The van der Waals surface area contributed by atoms with Crippen molar-refractivity contribution in [3.63, 3.8) is 0 Å². The normalized spacial score (nSPS) is 13.8. The number of likely N-dealkylation sites (N-methyl/N-ethyl adjacent to an activating group) is 1. The maximum absolute atomic E-state index is 12.7. The highest BCUT2D eigenvalue weighted by Crippen LogP contribution is 2.38. The fraction of sp³-hybridized carbons (Fsp3) is 0.565. The Morgan fingerprint density at radius 2 is 1.81 bits per heavy atom. The van der Waals surface area contributed by atoms with Gasteiger partial charge in [-0.1, -0.05) is 27.7 Å². The summed E-state index contributed by atoms with van der Waals surface area (Å²) in [5.41, 5.74) is 7.84. The van der Waals surface area contributed by atoms with Gasteiger partial charge in [0.25, 0.3) is 0 Å². The van der Waals surface area contributed by atoms with Crippen molar-refractivity contribution in [2.24, 2.45) is 17.6 Å². The number of nitrogens with zero attached hydrogens (tertiary/aromatic N) is 2. The molecule has 2 aromatic rings. The van der Waals surface area contributed by atoms with Crippen LogP contribution in [0.1, 0.15) is 45.1 Å². The molecule has 0 saturated carbocycles. The number of esters is 1. The van der Waals surface area contributed by atoms with Crippen LogP contribution in [0.25, 0.3) is 10.9 Å². The number of carbonyl (C=O) groups is 2. The number of aromatic nitrogens is 1. The fourth-order valence-electron chi connectivity index (χ4n) is 3.57. The first kappa shape index (κ1) is 24.7. The van der Waals surface area contributed by atoms with Gasteiger partial charge in [-0.15, -0.1) is 0 Å². The van der Waals surface area contributed by atoms with E-state index in [0.717, 1.165) is 10.9 Å². The molecule has 1 heterocycles. The molecular weight excluding hydrogens is 398 g/mol. The van der Waals surface area contributed by atoms with Crippen LogP contribution in [0.2, 0.25) is 0 Å². The summed E-state index contributed by atoms with van der Waals surface area (Å²) in [5, 5.41) is 10.9. The number of carboxylic acid groups (broad SMARTS) is 1. The van der Waals surface area contributed by atoms with E-state index in [1.807, 2.05) is 52.8 Å². The lowest BCUT2D eigenvalue weighted by Gasteiger charge is -2.26. The molecular formula is C23H35N3O5. The van der Waals surface area contributed by atoms with E-state index in [0.29, 0.717) is 29.9 Å². The maximum Gasteiger partial charge on any atom is 0.416 e. The van der Waals surface area contributed by atoms with E-state index in [1.165, 1.54) is 4.57 Å². The first-order chi connectivity index (χ1) is 14.5. The number of hydrogen-bond donors (Lipinski definition) is 2. The molecule has 1 aromatic heterocycles. The zero-order valence-electron chi connectivity index (χ0n) is 19.5. The number of carbonyl (C=O) groups excluding carboxylic acids is 1. The van der Waals surface area contributed by atoms with Gasteiger partial charge in [-0.3, -0.25) is 4.79 Å². The monoisotopic (exact) mass is 433 g/mol. The Bertz CT molecular complexity index is 933. The summed E-state index contributed by atoms with van der Waals surface area (Å²) in [4.78, 5) is 27.1. The third-order valence-electron chi connectivity index (χ3n) is 5.43. The van der Waals surface area contributed by atoms with Crippen LogP contribution >= 0.6 is 0 Å². The smallest absolute Gasteiger partial charge is 0.416 e. The summed E-state index contributed by atoms with van der Waals surface area (Å²) in [7, 11) is 5.48. The summed E-state index contributed by atoms with van der Waals surface area (Å²) in [6, 6.07) is 4.51. The number of rotatable bonds is 9. The maximum atomic E-state index is 12.7. The van der Waals surface area contributed by atoms with Crippen molar-refractivity contribution in [1.82, 2.24) is 9.47 Å². The Morgan fingerprint density at radius 3 is 2.29 bits per heavy atom. The van der Waals surface area contributed by atoms with Crippen molar-refractivity contribution in [2.45, 2.75) is 46.3 Å². The van der Waals surface area contributed by atoms with E-state index < -0.39 is 24.2 Å². The zero-order valence-corrected chi connectivity index (χ0v) is 19.5. The van der Waals surface area contributed by atoms with E-state index in [1.54, 1.807) is 19.2 Å². The van der Waals surface area contributed by atoms with Crippen molar-refractivity contribution in [1.29, 1.82) is 0 Å². The summed E-state index contributed by atoms with van der Waals surface area (Å²) in [5.74, 6) is -0.159. The molecule has 1 unspecified atom stereocenters. The number of hydrogen-bond acceptors (Lipinski definition) is 6. The van der Waals surface area contributed by atoms with Gasteiger partial charge in [-0.2, -0.15) is 0 Å². The van der Waals surface area contributed by atoms with E-state index in [4.69, 9.17) is 15.2 Å². The van der Waals surface area contributed by atoms with Crippen LogP contribution in [0.5, 0.6) is 5.75 Å². The van der Waals surface area contributed by atoms with E-state index in [9.17, 15) is 14.7 Å². The predicted molar refractivity (Wildman–Crippen MR) is 121 cm³/mol. The fourth-order valence-corrected chi connectivity index (χ4v) is 3.57. The minimum atomic E-state index is -1.13. The molecule has 3 N–H and O–H groups in total. The Hall–Kier alpha value is -2.58. The van der Waals surface area contributed by atoms with Crippen LogP contribution in [0, 0.1) is 11.8 Å². The van der Waals surface area contributed by atoms with Gasteiger partial charge >= 0.3 is 12.1 Å². The molecule has 1 aromatic carbocycles. The first-order valence-electron chi connectivity index (χ1n) is 10.5. The van der Waals surface area contributed by atoms with Crippen LogP contribution in [-0.4, -0.2) is 60.4 Å². The van der Waals surface area contributed by atoms with Gasteiger partial charge in [0.1, 0.15) is 17.9 Å². The summed E-state index contributed by atoms with van der Waals surface area (Å²) in [6.45, 7) is 8.20. The summed E-state index contributed by atoms with van der Waals surface area (Å²) >= 11 is 0. The number of nitrogens with two attached hydrogens (primary N) is 1. The lowest BCUT2D eigenvalue weighted by molar-refractivity contribution is -0.155. The molecule has 2 atom stereocenters. The summed E-state index contributed by atoms with van der Waals surface area (Å²) in [6.07, 6.45) is -1.30. The highest BCUT2D eigenvalue weighted by atomic mass is 16.5. The Kier molecular flexibility index (Phi) is 8.08. The molecule has 0 aliphatic carbocycles. The zero-order chi connectivity index (χ0) is 23.5. The van der Waals surface area contributed by atoms with Gasteiger partial charge in [0.2, 0.25) is 0 Å². The quantitative estimate of drug-likeness (QED) is 0.583. The molecule has 0 aliphatic rings. The van der Waals surface area contributed by atoms with Crippen molar-refractivity contribution < 1.29 is 24.2 Å². The second-order valence-electron chi connectivity index (χ2n) is 8.79. The molecule has 0 bridgehead atoms. The van der Waals surface area contributed by atoms with E-state index in [-0.39, 0.29) is 11.8 Å². The SMILES string of the molecule is COc1ccc2c(c1)c(CCN(C)C)c(C(OC(=O)[C@@H](N)C(C)C)C(C)C)n2C(=O)O. The minimum Gasteiger partial charge on any atom is -0.497 e. The molecule has 8 heteroatoms. The lowest BCUT2D eigenvalue weighted by atomic mass is 9.97. The second-order valence-corrected chi connectivity index (χ2v) is 8.79. The highest BCUT2D eigenvalue weighted by Gasteiger charge is 2.33. The van der Waals surface area contributed by atoms with E-state index in [2.05, 4.69) is 0 Å². The third kappa shape index (κ3) is 5.37. The molecule has 2 rings (SSSR count). The van der Waals surface area contributed by atoms with Crippen LogP contribution in [0.15, 0.2) is 18.2 Å². The van der Waals surface area contributed by atoms with Crippen molar-refractivity contribution in [2.75, 3.05) is 27.7 Å². The van der Waals surface area contributed by atoms with Crippen LogP contribution < -0.4 is 10.5 Å². The van der Waals surface area contributed by atoms with Gasteiger partial charge < -0.3 is 25.2 Å². The lowest BCUT2D eigenvalue weighted by Crippen LogP contribution is -2.38. The molecule has 8 nitrogen and oxygen atoms in total. The van der Waals surface area contributed by atoms with Gasteiger partial charge in [0, 0.05) is 11.9 Å². The Balaban J connectivity index is 2.75. The molecule has 0 fully saturated rings. The highest BCUT2D eigenvalue weighted by molar-refractivity contribution is 5.94.